The Labute approximate surface area is 92.3 Å². The van der Waals surface area contributed by atoms with Gasteiger partial charge < -0.3 is 0 Å². The molecular formula is C13H19Cl. The molecule has 1 aromatic rings. The summed E-state index contributed by atoms with van der Waals surface area (Å²) in [6, 6.07) is 6.65. The molecule has 0 nitrogen and oxygen atoms in total. The lowest BCUT2D eigenvalue weighted by atomic mass is 9.92. The summed E-state index contributed by atoms with van der Waals surface area (Å²) in [5, 5.41) is 0. The van der Waals surface area contributed by atoms with Gasteiger partial charge in [0.2, 0.25) is 0 Å². The zero-order valence-electron chi connectivity index (χ0n) is 9.31. The highest BCUT2D eigenvalue weighted by molar-refractivity contribution is 6.18. The molecular weight excluding hydrogens is 192 g/mol. The van der Waals surface area contributed by atoms with E-state index < -0.39 is 0 Å². The van der Waals surface area contributed by atoms with Crippen LogP contribution in [0.3, 0.4) is 0 Å². The minimum atomic E-state index is 0.530. The highest BCUT2D eigenvalue weighted by Gasteiger charge is 2.11. The molecule has 0 saturated carbocycles. The van der Waals surface area contributed by atoms with Crippen LogP contribution in [0, 0.1) is 13.8 Å². The molecule has 0 heterocycles. The highest BCUT2D eigenvalue weighted by atomic mass is 35.5. The third-order valence-electron chi connectivity index (χ3n) is 2.69. The van der Waals surface area contributed by atoms with E-state index in [4.69, 9.17) is 11.6 Å². The number of alkyl halides is 1. The number of rotatable bonds is 4. The Bertz CT molecular complexity index is 291. The molecule has 1 rings (SSSR count). The molecule has 1 aromatic carbocycles. The zero-order valence-corrected chi connectivity index (χ0v) is 10.1. The number of hydrogen-bond donors (Lipinski definition) is 0. The zero-order chi connectivity index (χ0) is 10.6. The molecule has 1 unspecified atom stereocenters. The van der Waals surface area contributed by atoms with Crippen LogP contribution >= 0.6 is 11.6 Å². The lowest BCUT2D eigenvalue weighted by molar-refractivity contribution is 0.666. The first-order valence-electron chi connectivity index (χ1n) is 5.32. The number of benzene rings is 1. The Morgan fingerprint density at radius 1 is 1.29 bits per heavy atom. The van der Waals surface area contributed by atoms with E-state index in [0.717, 1.165) is 5.88 Å². The average molecular weight is 211 g/mol. The molecule has 1 atom stereocenters. The summed E-state index contributed by atoms with van der Waals surface area (Å²) >= 11 is 5.99. The second-order valence-electron chi connectivity index (χ2n) is 4.00. The van der Waals surface area contributed by atoms with Gasteiger partial charge >= 0.3 is 0 Å². The van der Waals surface area contributed by atoms with Crippen LogP contribution in [0.25, 0.3) is 0 Å². The molecule has 14 heavy (non-hydrogen) atoms. The van der Waals surface area contributed by atoms with E-state index >= 15 is 0 Å². The molecule has 0 aliphatic heterocycles. The molecule has 0 N–H and O–H groups in total. The Morgan fingerprint density at radius 3 is 2.50 bits per heavy atom. The van der Waals surface area contributed by atoms with Gasteiger partial charge in [0.25, 0.3) is 0 Å². The largest absolute Gasteiger partial charge is 0.126 e. The van der Waals surface area contributed by atoms with Gasteiger partial charge in [0.1, 0.15) is 0 Å². The molecule has 0 bridgehead atoms. The fourth-order valence-corrected chi connectivity index (χ4v) is 2.27. The van der Waals surface area contributed by atoms with Crippen molar-refractivity contribution in [2.75, 3.05) is 5.88 Å². The summed E-state index contributed by atoms with van der Waals surface area (Å²) in [5.74, 6) is 1.26. The molecule has 0 radical (unpaired) electrons. The number of aryl methyl sites for hydroxylation is 2. The molecule has 0 aromatic heterocycles. The van der Waals surface area contributed by atoms with Crippen molar-refractivity contribution in [2.45, 2.75) is 39.5 Å². The van der Waals surface area contributed by atoms with Crippen LogP contribution in [0.2, 0.25) is 0 Å². The van der Waals surface area contributed by atoms with Crippen molar-refractivity contribution in [3.8, 4) is 0 Å². The van der Waals surface area contributed by atoms with Gasteiger partial charge in [0, 0.05) is 5.88 Å². The quantitative estimate of drug-likeness (QED) is 0.646. The van der Waals surface area contributed by atoms with E-state index in [0.29, 0.717) is 5.92 Å². The topological polar surface area (TPSA) is 0 Å². The van der Waals surface area contributed by atoms with Crippen molar-refractivity contribution < 1.29 is 0 Å². The number of hydrogen-bond acceptors (Lipinski definition) is 0. The molecule has 0 fully saturated rings. The van der Waals surface area contributed by atoms with Crippen LogP contribution < -0.4 is 0 Å². The number of halogens is 1. The van der Waals surface area contributed by atoms with Crippen LogP contribution in [0.1, 0.15) is 42.4 Å². The molecule has 0 saturated heterocycles. The van der Waals surface area contributed by atoms with Gasteiger partial charge in [0.15, 0.2) is 0 Å². The van der Waals surface area contributed by atoms with E-state index in [2.05, 4.69) is 39.0 Å². The van der Waals surface area contributed by atoms with E-state index in [-0.39, 0.29) is 0 Å². The van der Waals surface area contributed by atoms with Gasteiger partial charge in [-0.1, -0.05) is 37.1 Å². The fraction of sp³-hybridized carbons (Fsp3) is 0.538. The van der Waals surface area contributed by atoms with Crippen molar-refractivity contribution in [3.05, 3.63) is 34.9 Å². The molecule has 1 heteroatoms. The maximum absolute atomic E-state index is 5.99. The maximum Gasteiger partial charge on any atom is 0.0292 e. The van der Waals surface area contributed by atoms with Crippen molar-refractivity contribution in [1.82, 2.24) is 0 Å². The second-order valence-corrected chi connectivity index (χ2v) is 4.31. The van der Waals surface area contributed by atoms with Crippen LogP contribution in [0.5, 0.6) is 0 Å². The first-order valence-corrected chi connectivity index (χ1v) is 5.85. The van der Waals surface area contributed by atoms with Crippen LogP contribution in [0.15, 0.2) is 18.2 Å². The molecule has 0 aliphatic rings. The Balaban J connectivity index is 2.92. The highest BCUT2D eigenvalue weighted by Crippen LogP contribution is 2.26. The Kier molecular flexibility index (Phi) is 4.47. The first kappa shape index (κ1) is 11.6. The first-order chi connectivity index (χ1) is 6.69. The molecule has 0 amide bonds. The molecule has 0 spiro atoms. The van der Waals surface area contributed by atoms with Crippen molar-refractivity contribution >= 4 is 11.6 Å². The van der Waals surface area contributed by atoms with Crippen molar-refractivity contribution in [3.63, 3.8) is 0 Å². The van der Waals surface area contributed by atoms with Crippen molar-refractivity contribution in [1.29, 1.82) is 0 Å². The third-order valence-corrected chi connectivity index (χ3v) is 3.06. The second kappa shape index (κ2) is 5.41. The van der Waals surface area contributed by atoms with Gasteiger partial charge in [-0.15, -0.1) is 11.6 Å². The van der Waals surface area contributed by atoms with Crippen molar-refractivity contribution in [2.24, 2.45) is 0 Å². The van der Waals surface area contributed by atoms with E-state index in [9.17, 15) is 0 Å². The van der Waals surface area contributed by atoms with Crippen LogP contribution in [0.4, 0.5) is 0 Å². The smallest absolute Gasteiger partial charge is 0.0292 e. The van der Waals surface area contributed by atoms with Gasteiger partial charge in [-0.2, -0.15) is 0 Å². The maximum atomic E-state index is 5.99. The molecule has 0 aliphatic carbocycles. The predicted octanol–water partition coefficient (Wildman–Crippen LogP) is 4.43. The lowest BCUT2D eigenvalue weighted by Crippen LogP contribution is -2.02. The van der Waals surface area contributed by atoms with Gasteiger partial charge in [-0.25, -0.2) is 0 Å². The summed E-state index contributed by atoms with van der Waals surface area (Å²) in [4.78, 5) is 0. The summed E-state index contributed by atoms with van der Waals surface area (Å²) in [6.45, 7) is 6.52. The van der Waals surface area contributed by atoms with Crippen LogP contribution in [-0.4, -0.2) is 5.88 Å². The SMILES string of the molecule is CCCC(CCl)c1ccc(C)cc1C. The minimum absolute atomic E-state index is 0.530. The van der Waals surface area contributed by atoms with Gasteiger partial charge in [-0.05, 0) is 37.3 Å². The van der Waals surface area contributed by atoms with E-state index in [1.807, 2.05) is 0 Å². The van der Waals surface area contributed by atoms with E-state index in [1.54, 1.807) is 0 Å². The van der Waals surface area contributed by atoms with Gasteiger partial charge in [-0.3, -0.25) is 0 Å². The average Bonchev–Trinajstić information content (AvgIpc) is 2.15. The van der Waals surface area contributed by atoms with Gasteiger partial charge in [0.05, 0.1) is 0 Å². The fourth-order valence-electron chi connectivity index (χ4n) is 1.95. The Hall–Kier alpha value is -0.490. The summed E-state index contributed by atoms with van der Waals surface area (Å²) < 4.78 is 0. The molecule has 78 valence electrons. The summed E-state index contributed by atoms with van der Waals surface area (Å²) in [6.07, 6.45) is 2.39. The Morgan fingerprint density at radius 2 is 2.00 bits per heavy atom. The lowest BCUT2D eigenvalue weighted by Gasteiger charge is -2.16. The summed E-state index contributed by atoms with van der Waals surface area (Å²) in [7, 11) is 0. The minimum Gasteiger partial charge on any atom is -0.126 e. The normalized spacial score (nSPS) is 12.9. The van der Waals surface area contributed by atoms with E-state index in [1.165, 1.54) is 29.5 Å². The summed E-state index contributed by atoms with van der Waals surface area (Å²) in [5.41, 5.74) is 4.13. The third kappa shape index (κ3) is 2.75. The monoisotopic (exact) mass is 210 g/mol. The predicted molar refractivity (Wildman–Crippen MR) is 64.3 cm³/mol. The standard InChI is InChI=1S/C13H19Cl/c1-4-5-12(9-14)13-7-6-10(2)8-11(13)3/h6-8,12H,4-5,9H2,1-3H3. The van der Waals surface area contributed by atoms with Crippen LogP contribution in [-0.2, 0) is 0 Å².